The molecule has 1 aromatic rings. The lowest BCUT2D eigenvalue weighted by Crippen LogP contribution is -2.25. The first-order valence-corrected chi connectivity index (χ1v) is 6.80. The van der Waals surface area contributed by atoms with E-state index in [-0.39, 0.29) is 0 Å². The summed E-state index contributed by atoms with van der Waals surface area (Å²) in [5.41, 5.74) is 8.07. The Morgan fingerprint density at radius 1 is 1.33 bits per heavy atom. The average Bonchev–Trinajstić information content (AvgIpc) is 2.38. The molecule has 1 aromatic heterocycles. The first-order valence-electron chi connectivity index (χ1n) is 6.80. The number of nitrogens with two attached hydrogens (primary N) is 1. The van der Waals surface area contributed by atoms with Gasteiger partial charge < -0.3 is 10.6 Å². The fourth-order valence-electron chi connectivity index (χ4n) is 2.02. The van der Waals surface area contributed by atoms with Gasteiger partial charge in [0.1, 0.15) is 5.82 Å². The zero-order chi connectivity index (χ0) is 13.4. The second kappa shape index (κ2) is 7.88. The van der Waals surface area contributed by atoms with Gasteiger partial charge in [0.25, 0.3) is 0 Å². The van der Waals surface area contributed by atoms with Crippen molar-refractivity contribution in [2.45, 2.75) is 39.7 Å². The van der Waals surface area contributed by atoms with Gasteiger partial charge in [0, 0.05) is 25.3 Å². The molecule has 18 heavy (non-hydrogen) atoms. The molecule has 0 aliphatic rings. The first kappa shape index (κ1) is 14.7. The maximum Gasteiger partial charge on any atom is 0.129 e. The van der Waals surface area contributed by atoms with E-state index in [1.54, 1.807) is 0 Å². The van der Waals surface area contributed by atoms with Crippen LogP contribution in [0.3, 0.4) is 0 Å². The molecule has 0 atom stereocenters. The molecule has 0 aliphatic carbocycles. The fourth-order valence-corrected chi connectivity index (χ4v) is 2.02. The molecule has 0 saturated carbocycles. The molecule has 0 unspecified atom stereocenters. The third kappa shape index (κ3) is 4.15. The van der Waals surface area contributed by atoms with E-state index >= 15 is 0 Å². The highest BCUT2D eigenvalue weighted by atomic mass is 15.2. The minimum absolute atomic E-state index is 0.570. The zero-order valence-corrected chi connectivity index (χ0v) is 11.7. The maximum atomic E-state index is 5.77. The highest BCUT2D eigenvalue weighted by Gasteiger charge is 2.08. The predicted molar refractivity (Wildman–Crippen MR) is 78.8 cm³/mol. The van der Waals surface area contributed by atoms with Crippen molar-refractivity contribution in [3.63, 3.8) is 0 Å². The van der Waals surface area contributed by atoms with Crippen molar-refractivity contribution in [2.75, 3.05) is 18.0 Å². The van der Waals surface area contributed by atoms with Crippen molar-refractivity contribution in [3.8, 4) is 0 Å². The minimum atomic E-state index is 0.570. The number of nitrogens with zero attached hydrogens (tertiary/aromatic N) is 2. The summed E-state index contributed by atoms with van der Waals surface area (Å²) in [5, 5.41) is 0. The van der Waals surface area contributed by atoms with Crippen LogP contribution in [-0.4, -0.2) is 18.1 Å². The van der Waals surface area contributed by atoms with Crippen LogP contribution in [0.15, 0.2) is 24.8 Å². The average molecular weight is 247 g/mol. The van der Waals surface area contributed by atoms with E-state index < -0.39 is 0 Å². The van der Waals surface area contributed by atoms with Crippen molar-refractivity contribution in [3.05, 3.63) is 36.0 Å². The molecular formula is C15H25N3. The van der Waals surface area contributed by atoms with E-state index in [4.69, 9.17) is 10.7 Å². The molecule has 100 valence electrons. The van der Waals surface area contributed by atoms with Crippen LogP contribution in [0.5, 0.6) is 0 Å². The summed E-state index contributed by atoms with van der Waals surface area (Å²) in [4.78, 5) is 6.99. The standard InChI is InChI=1S/C15H25N3/c1-4-7-14-10-13(12-16)11-15(17-14)18(8-5-2)9-6-3/h5,10-11H,2,4,6-9,12,16H2,1,3H3. The molecule has 0 aliphatic heterocycles. The Balaban J connectivity index is 3.02. The van der Waals surface area contributed by atoms with E-state index in [9.17, 15) is 0 Å². The molecule has 0 radical (unpaired) electrons. The van der Waals surface area contributed by atoms with Gasteiger partial charge in [-0.25, -0.2) is 4.98 Å². The lowest BCUT2D eigenvalue weighted by Gasteiger charge is -2.22. The molecule has 0 fully saturated rings. The van der Waals surface area contributed by atoms with Crippen LogP contribution < -0.4 is 10.6 Å². The second-order valence-electron chi connectivity index (χ2n) is 4.51. The van der Waals surface area contributed by atoms with Crippen molar-refractivity contribution in [2.24, 2.45) is 5.73 Å². The van der Waals surface area contributed by atoms with Crippen molar-refractivity contribution in [1.82, 2.24) is 4.98 Å². The van der Waals surface area contributed by atoms with E-state index in [2.05, 4.69) is 37.5 Å². The number of hydrogen-bond acceptors (Lipinski definition) is 3. The first-order chi connectivity index (χ1) is 8.74. The Hall–Kier alpha value is -1.35. The number of rotatable bonds is 8. The fraction of sp³-hybridized carbons (Fsp3) is 0.533. The van der Waals surface area contributed by atoms with Gasteiger partial charge in [0.05, 0.1) is 0 Å². The summed E-state index contributed by atoms with van der Waals surface area (Å²) >= 11 is 0. The van der Waals surface area contributed by atoms with Gasteiger partial charge in [-0.2, -0.15) is 0 Å². The molecule has 2 N–H and O–H groups in total. The Labute approximate surface area is 111 Å². The van der Waals surface area contributed by atoms with Gasteiger partial charge in [0.2, 0.25) is 0 Å². The van der Waals surface area contributed by atoms with E-state index in [1.165, 1.54) is 0 Å². The van der Waals surface area contributed by atoms with Crippen molar-refractivity contribution >= 4 is 5.82 Å². The van der Waals surface area contributed by atoms with E-state index in [0.29, 0.717) is 6.54 Å². The Kier molecular flexibility index (Phi) is 6.44. The van der Waals surface area contributed by atoms with Crippen LogP contribution >= 0.6 is 0 Å². The quantitative estimate of drug-likeness (QED) is 0.718. The molecule has 3 heteroatoms. The summed E-state index contributed by atoms with van der Waals surface area (Å²) in [5.74, 6) is 1.03. The monoisotopic (exact) mass is 247 g/mol. The van der Waals surface area contributed by atoms with Gasteiger partial charge in [0.15, 0.2) is 0 Å². The number of hydrogen-bond donors (Lipinski definition) is 1. The molecule has 0 saturated heterocycles. The molecule has 0 aromatic carbocycles. The number of anilines is 1. The summed E-state index contributed by atoms with van der Waals surface area (Å²) in [6.07, 6.45) is 5.14. The number of pyridine rings is 1. The SMILES string of the molecule is C=CCN(CCC)c1cc(CN)cc(CCC)n1. The third-order valence-corrected chi connectivity index (χ3v) is 2.83. The van der Waals surface area contributed by atoms with E-state index in [1.807, 2.05) is 6.08 Å². The molecule has 1 rings (SSSR count). The maximum absolute atomic E-state index is 5.77. The van der Waals surface area contributed by atoms with Crippen LogP contribution in [0.1, 0.15) is 37.9 Å². The molecule has 0 spiro atoms. The van der Waals surface area contributed by atoms with Gasteiger partial charge in [-0.15, -0.1) is 6.58 Å². The van der Waals surface area contributed by atoms with Crippen LogP contribution in [-0.2, 0) is 13.0 Å². The van der Waals surface area contributed by atoms with Gasteiger partial charge in [-0.05, 0) is 30.5 Å². The molecular weight excluding hydrogens is 222 g/mol. The van der Waals surface area contributed by atoms with Gasteiger partial charge in [-0.3, -0.25) is 0 Å². The largest absolute Gasteiger partial charge is 0.353 e. The highest BCUT2D eigenvalue weighted by molar-refractivity contribution is 5.43. The predicted octanol–water partition coefficient (Wildman–Crippen LogP) is 2.90. The molecule has 3 nitrogen and oxygen atoms in total. The molecule has 0 amide bonds. The van der Waals surface area contributed by atoms with Gasteiger partial charge in [-0.1, -0.05) is 26.3 Å². The highest BCUT2D eigenvalue weighted by Crippen LogP contribution is 2.16. The summed E-state index contributed by atoms with van der Waals surface area (Å²) in [6, 6.07) is 4.21. The topological polar surface area (TPSA) is 42.1 Å². The lowest BCUT2D eigenvalue weighted by molar-refractivity contribution is 0.788. The van der Waals surface area contributed by atoms with Crippen LogP contribution in [0.25, 0.3) is 0 Å². The van der Waals surface area contributed by atoms with Crippen molar-refractivity contribution in [1.29, 1.82) is 0 Å². The zero-order valence-electron chi connectivity index (χ0n) is 11.7. The minimum Gasteiger partial charge on any atom is -0.353 e. The molecule has 1 heterocycles. The Bertz CT molecular complexity index is 374. The molecule has 0 bridgehead atoms. The summed E-state index contributed by atoms with van der Waals surface area (Å²) in [6.45, 7) is 10.6. The normalized spacial score (nSPS) is 10.4. The Morgan fingerprint density at radius 2 is 2.11 bits per heavy atom. The lowest BCUT2D eigenvalue weighted by atomic mass is 10.1. The van der Waals surface area contributed by atoms with Crippen molar-refractivity contribution < 1.29 is 0 Å². The van der Waals surface area contributed by atoms with Crippen LogP contribution in [0.4, 0.5) is 5.82 Å². The number of aryl methyl sites for hydroxylation is 1. The smallest absolute Gasteiger partial charge is 0.129 e. The van der Waals surface area contributed by atoms with Crippen LogP contribution in [0, 0.1) is 0 Å². The summed E-state index contributed by atoms with van der Waals surface area (Å²) < 4.78 is 0. The van der Waals surface area contributed by atoms with Gasteiger partial charge >= 0.3 is 0 Å². The summed E-state index contributed by atoms with van der Waals surface area (Å²) in [7, 11) is 0. The van der Waals surface area contributed by atoms with E-state index in [0.717, 1.165) is 49.4 Å². The van der Waals surface area contributed by atoms with Crippen LogP contribution in [0.2, 0.25) is 0 Å². The Morgan fingerprint density at radius 3 is 2.67 bits per heavy atom. The second-order valence-corrected chi connectivity index (χ2v) is 4.51. The third-order valence-electron chi connectivity index (χ3n) is 2.83. The number of aromatic nitrogens is 1.